The highest BCUT2D eigenvalue weighted by atomic mass is 16.4. The largest absolute Gasteiger partial charge is 0.481 e. The first-order valence-electron chi connectivity index (χ1n) is 6.49. The first-order chi connectivity index (χ1) is 9.54. The summed E-state index contributed by atoms with van der Waals surface area (Å²) in [5.74, 6) is -1.77. The highest BCUT2D eigenvalue weighted by Gasteiger charge is 2.23. The molecule has 1 heterocycles. The number of para-hydroxylation sites is 1. The summed E-state index contributed by atoms with van der Waals surface area (Å²) >= 11 is 0. The first kappa shape index (κ1) is 14.0. The summed E-state index contributed by atoms with van der Waals surface area (Å²) in [6, 6.07) is 7.36. The molecule has 0 spiro atoms. The Hall–Kier alpha value is -2.37. The summed E-state index contributed by atoms with van der Waals surface area (Å²) in [5.41, 5.74) is 1.12. The Labute approximate surface area is 116 Å². The fraction of sp³-hybridized carbons (Fsp3) is 0.357. The van der Waals surface area contributed by atoms with Crippen molar-refractivity contribution in [3.05, 3.63) is 30.0 Å². The molecule has 20 heavy (non-hydrogen) atoms. The number of nitrogens with zero attached hydrogens (tertiary/aromatic N) is 2. The zero-order valence-electron chi connectivity index (χ0n) is 11.5. The molecular formula is C14H17N3O3. The number of hydrogen-bond acceptors (Lipinski definition) is 3. The monoisotopic (exact) mass is 275 g/mol. The predicted octanol–water partition coefficient (Wildman–Crippen LogP) is 1.75. The molecule has 6 nitrogen and oxygen atoms in total. The van der Waals surface area contributed by atoms with Gasteiger partial charge in [-0.15, -0.1) is 0 Å². The van der Waals surface area contributed by atoms with Gasteiger partial charge in [-0.05, 0) is 13.0 Å². The molecule has 6 heteroatoms. The van der Waals surface area contributed by atoms with Crippen LogP contribution in [0.3, 0.4) is 0 Å². The van der Waals surface area contributed by atoms with Gasteiger partial charge >= 0.3 is 5.97 Å². The number of nitrogens with one attached hydrogen (secondary N) is 1. The van der Waals surface area contributed by atoms with Crippen LogP contribution in [-0.4, -0.2) is 45.2 Å². The number of carbonyl (C=O) groups excluding carboxylic acids is 1. The second-order valence-electron chi connectivity index (χ2n) is 4.70. The van der Waals surface area contributed by atoms with Crippen LogP contribution < -0.4 is 0 Å². The van der Waals surface area contributed by atoms with E-state index in [0.29, 0.717) is 12.2 Å². The standard InChI is InChI=1S/C14H17N3O3/c1-3-17(8-9(2)14(19)20)13(18)12-10-6-4-5-7-11(10)15-16-12/h4-7,9H,3,8H2,1-2H3,(H,15,16)(H,19,20). The average molecular weight is 275 g/mol. The van der Waals surface area contributed by atoms with Gasteiger partial charge in [-0.3, -0.25) is 14.7 Å². The molecule has 0 radical (unpaired) electrons. The van der Waals surface area contributed by atoms with E-state index in [0.717, 1.165) is 10.9 Å². The van der Waals surface area contributed by atoms with Gasteiger partial charge in [-0.25, -0.2) is 0 Å². The number of aromatic nitrogens is 2. The maximum atomic E-state index is 12.5. The van der Waals surface area contributed by atoms with Gasteiger partial charge in [0.15, 0.2) is 5.69 Å². The molecule has 2 rings (SSSR count). The molecule has 1 aromatic carbocycles. The Kier molecular flexibility index (Phi) is 4.02. The predicted molar refractivity (Wildman–Crippen MR) is 74.5 cm³/mol. The van der Waals surface area contributed by atoms with Crippen molar-refractivity contribution in [3.63, 3.8) is 0 Å². The molecule has 0 saturated heterocycles. The third kappa shape index (κ3) is 2.64. The number of aliphatic carboxylic acids is 1. The van der Waals surface area contributed by atoms with Crippen LogP contribution in [0.15, 0.2) is 24.3 Å². The van der Waals surface area contributed by atoms with Crippen molar-refractivity contribution >= 4 is 22.8 Å². The maximum absolute atomic E-state index is 12.5. The van der Waals surface area contributed by atoms with Crippen LogP contribution in [0, 0.1) is 5.92 Å². The minimum absolute atomic E-state index is 0.172. The summed E-state index contributed by atoms with van der Waals surface area (Å²) < 4.78 is 0. The lowest BCUT2D eigenvalue weighted by atomic mass is 10.1. The molecule has 2 aromatic rings. The van der Waals surface area contributed by atoms with E-state index >= 15 is 0 Å². The summed E-state index contributed by atoms with van der Waals surface area (Å²) in [6.07, 6.45) is 0. The Morgan fingerprint density at radius 3 is 2.75 bits per heavy atom. The molecule has 1 aromatic heterocycles. The number of carboxylic acids is 1. The number of rotatable bonds is 5. The topological polar surface area (TPSA) is 86.3 Å². The van der Waals surface area contributed by atoms with Crippen LogP contribution >= 0.6 is 0 Å². The molecule has 0 fully saturated rings. The molecule has 0 bridgehead atoms. The first-order valence-corrected chi connectivity index (χ1v) is 6.49. The molecular weight excluding hydrogens is 258 g/mol. The Morgan fingerprint density at radius 1 is 1.40 bits per heavy atom. The number of hydrogen-bond donors (Lipinski definition) is 2. The second-order valence-corrected chi connectivity index (χ2v) is 4.70. The van der Waals surface area contributed by atoms with Crippen molar-refractivity contribution < 1.29 is 14.7 Å². The third-order valence-corrected chi connectivity index (χ3v) is 3.26. The average Bonchev–Trinajstić information content (AvgIpc) is 2.87. The molecule has 1 atom stereocenters. The minimum atomic E-state index is -0.914. The molecule has 106 valence electrons. The lowest BCUT2D eigenvalue weighted by molar-refractivity contribution is -0.141. The van der Waals surface area contributed by atoms with E-state index in [4.69, 9.17) is 5.11 Å². The summed E-state index contributed by atoms with van der Waals surface area (Å²) in [5, 5.41) is 16.6. The number of carboxylic acid groups (broad SMARTS) is 1. The lowest BCUT2D eigenvalue weighted by Gasteiger charge is -2.22. The Bertz CT molecular complexity index is 635. The van der Waals surface area contributed by atoms with E-state index in [1.54, 1.807) is 6.92 Å². The smallest absolute Gasteiger partial charge is 0.308 e. The van der Waals surface area contributed by atoms with Crippen molar-refractivity contribution in [1.82, 2.24) is 15.1 Å². The van der Waals surface area contributed by atoms with Crippen LogP contribution in [0.5, 0.6) is 0 Å². The third-order valence-electron chi connectivity index (χ3n) is 3.26. The van der Waals surface area contributed by atoms with Crippen LogP contribution in [0.25, 0.3) is 10.9 Å². The highest BCUT2D eigenvalue weighted by molar-refractivity contribution is 6.04. The molecule has 0 saturated carbocycles. The zero-order chi connectivity index (χ0) is 14.7. The Balaban J connectivity index is 2.26. The van der Waals surface area contributed by atoms with Crippen molar-refractivity contribution in [3.8, 4) is 0 Å². The van der Waals surface area contributed by atoms with E-state index < -0.39 is 11.9 Å². The van der Waals surface area contributed by atoms with Crippen LogP contribution in [0.1, 0.15) is 24.3 Å². The maximum Gasteiger partial charge on any atom is 0.308 e. The minimum Gasteiger partial charge on any atom is -0.481 e. The molecule has 0 aliphatic rings. The molecule has 0 aliphatic heterocycles. The van der Waals surface area contributed by atoms with E-state index in [-0.39, 0.29) is 12.5 Å². The second kappa shape index (κ2) is 5.73. The fourth-order valence-corrected chi connectivity index (χ4v) is 2.04. The van der Waals surface area contributed by atoms with Crippen molar-refractivity contribution in [2.75, 3.05) is 13.1 Å². The van der Waals surface area contributed by atoms with E-state index in [1.807, 2.05) is 31.2 Å². The highest BCUT2D eigenvalue weighted by Crippen LogP contribution is 2.17. The normalized spacial score (nSPS) is 12.3. The lowest BCUT2D eigenvalue weighted by Crippen LogP contribution is -2.37. The van der Waals surface area contributed by atoms with Gasteiger partial charge in [-0.2, -0.15) is 5.10 Å². The van der Waals surface area contributed by atoms with Crippen molar-refractivity contribution in [1.29, 1.82) is 0 Å². The van der Waals surface area contributed by atoms with Gasteiger partial charge in [0, 0.05) is 18.5 Å². The zero-order valence-corrected chi connectivity index (χ0v) is 11.5. The van der Waals surface area contributed by atoms with E-state index in [1.165, 1.54) is 4.90 Å². The summed E-state index contributed by atoms with van der Waals surface area (Å²) in [7, 11) is 0. The Morgan fingerprint density at radius 2 is 2.10 bits per heavy atom. The molecule has 2 N–H and O–H groups in total. The van der Waals surface area contributed by atoms with Crippen LogP contribution in [0.2, 0.25) is 0 Å². The van der Waals surface area contributed by atoms with Gasteiger partial charge in [0.1, 0.15) is 0 Å². The summed E-state index contributed by atoms with van der Waals surface area (Å²) in [4.78, 5) is 24.9. The van der Waals surface area contributed by atoms with Gasteiger partial charge < -0.3 is 10.0 Å². The van der Waals surface area contributed by atoms with Crippen molar-refractivity contribution in [2.45, 2.75) is 13.8 Å². The number of amides is 1. The fourth-order valence-electron chi connectivity index (χ4n) is 2.04. The van der Waals surface area contributed by atoms with Crippen LogP contribution in [-0.2, 0) is 4.79 Å². The molecule has 1 unspecified atom stereocenters. The van der Waals surface area contributed by atoms with E-state index in [9.17, 15) is 9.59 Å². The van der Waals surface area contributed by atoms with Crippen LogP contribution in [0.4, 0.5) is 0 Å². The number of fused-ring (bicyclic) bond motifs is 1. The van der Waals surface area contributed by atoms with Gasteiger partial charge in [-0.1, -0.05) is 25.1 Å². The number of carbonyl (C=O) groups is 2. The number of H-pyrrole nitrogens is 1. The van der Waals surface area contributed by atoms with E-state index in [2.05, 4.69) is 10.2 Å². The van der Waals surface area contributed by atoms with Crippen molar-refractivity contribution in [2.24, 2.45) is 5.92 Å². The summed E-state index contributed by atoms with van der Waals surface area (Å²) in [6.45, 7) is 4.02. The van der Waals surface area contributed by atoms with Gasteiger partial charge in [0.25, 0.3) is 5.91 Å². The number of benzene rings is 1. The SMILES string of the molecule is CCN(CC(C)C(=O)O)C(=O)c1n[nH]c2ccccc12. The quantitative estimate of drug-likeness (QED) is 0.870. The molecule has 1 amide bonds. The number of aromatic amines is 1. The van der Waals surface area contributed by atoms with Gasteiger partial charge in [0.2, 0.25) is 0 Å². The van der Waals surface area contributed by atoms with Gasteiger partial charge in [0.05, 0.1) is 11.4 Å². The molecule has 0 aliphatic carbocycles.